The molecule has 0 spiro atoms. The van der Waals surface area contributed by atoms with Gasteiger partial charge < -0.3 is 15.1 Å². The highest BCUT2D eigenvalue weighted by molar-refractivity contribution is 5.75. The molecule has 1 rings (SSSR count). The second kappa shape index (κ2) is 4.28. The molecule has 72 valence electrons. The first kappa shape index (κ1) is 10.1. The Hall–Kier alpha value is -2.02. The summed E-state index contributed by atoms with van der Waals surface area (Å²) >= 11 is 0. The Bertz CT molecular complexity index is 364. The normalized spacial score (nSPS) is 11.6. The molecule has 2 N–H and O–H groups in total. The zero-order chi connectivity index (χ0) is 10.6. The number of rotatable bonds is 3. The van der Waals surface area contributed by atoms with Crippen LogP contribution in [0.3, 0.4) is 0 Å². The molecular formula is C10H9NO3. The molecule has 1 aromatic rings. The first-order chi connectivity index (χ1) is 6.63. The van der Waals surface area contributed by atoms with Crippen molar-refractivity contribution in [1.82, 2.24) is 0 Å². The Morgan fingerprint density at radius 1 is 1.43 bits per heavy atom. The maximum Gasteiger partial charge on any atom is 0.388 e. The van der Waals surface area contributed by atoms with Crippen LogP contribution in [0.15, 0.2) is 24.3 Å². The number of carboxylic acid groups (broad SMARTS) is 1. The highest BCUT2D eigenvalue weighted by Crippen LogP contribution is 2.12. The highest BCUT2D eigenvalue weighted by atomic mass is 16.4. The van der Waals surface area contributed by atoms with Crippen LogP contribution >= 0.6 is 0 Å². The van der Waals surface area contributed by atoms with Gasteiger partial charge in [0, 0.05) is 0 Å². The molecule has 4 nitrogen and oxygen atoms in total. The van der Waals surface area contributed by atoms with Crippen LogP contribution in [0.25, 0.3) is 4.85 Å². The van der Waals surface area contributed by atoms with E-state index in [0.717, 1.165) is 5.56 Å². The van der Waals surface area contributed by atoms with Crippen molar-refractivity contribution in [3.63, 3.8) is 0 Å². The largest absolute Gasteiger partial charge is 0.508 e. The number of aliphatic carboxylic acids is 1. The summed E-state index contributed by atoms with van der Waals surface area (Å²) in [6.07, 6.45) is 0.166. The Morgan fingerprint density at radius 3 is 2.43 bits per heavy atom. The van der Waals surface area contributed by atoms with Crippen molar-refractivity contribution in [2.24, 2.45) is 0 Å². The maximum absolute atomic E-state index is 10.5. The molecule has 0 fully saturated rings. The van der Waals surface area contributed by atoms with Crippen molar-refractivity contribution >= 4 is 5.97 Å². The van der Waals surface area contributed by atoms with Crippen molar-refractivity contribution in [3.05, 3.63) is 41.2 Å². The molecule has 0 aliphatic heterocycles. The van der Waals surface area contributed by atoms with Gasteiger partial charge in [0.25, 0.3) is 0 Å². The molecule has 0 bridgehead atoms. The van der Waals surface area contributed by atoms with E-state index in [0.29, 0.717) is 0 Å². The second-order valence-electron chi connectivity index (χ2n) is 2.85. The predicted octanol–water partition coefficient (Wildman–Crippen LogP) is 1.31. The van der Waals surface area contributed by atoms with Crippen LogP contribution in [0.4, 0.5) is 0 Å². The Labute approximate surface area is 81.2 Å². The van der Waals surface area contributed by atoms with E-state index in [1.54, 1.807) is 12.1 Å². The summed E-state index contributed by atoms with van der Waals surface area (Å²) < 4.78 is 0. The van der Waals surface area contributed by atoms with E-state index in [9.17, 15) is 4.79 Å². The van der Waals surface area contributed by atoms with Gasteiger partial charge in [-0.2, -0.15) is 0 Å². The lowest BCUT2D eigenvalue weighted by Crippen LogP contribution is -2.18. The lowest BCUT2D eigenvalue weighted by Gasteiger charge is -2.00. The van der Waals surface area contributed by atoms with Crippen molar-refractivity contribution in [2.75, 3.05) is 0 Å². The van der Waals surface area contributed by atoms with Crippen LogP contribution in [0, 0.1) is 6.57 Å². The van der Waals surface area contributed by atoms with Gasteiger partial charge in [-0.3, -0.25) is 0 Å². The summed E-state index contributed by atoms with van der Waals surface area (Å²) in [5.41, 5.74) is 0.728. The molecule has 0 unspecified atom stereocenters. The van der Waals surface area contributed by atoms with Crippen molar-refractivity contribution in [1.29, 1.82) is 0 Å². The molecule has 0 radical (unpaired) electrons. The van der Waals surface area contributed by atoms with Gasteiger partial charge in [-0.05, 0) is 17.7 Å². The molecular weight excluding hydrogens is 182 g/mol. The molecule has 0 heterocycles. The van der Waals surface area contributed by atoms with E-state index >= 15 is 0 Å². The van der Waals surface area contributed by atoms with E-state index in [2.05, 4.69) is 4.85 Å². The van der Waals surface area contributed by atoms with Gasteiger partial charge in [-0.1, -0.05) is 12.1 Å². The predicted molar refractivity (Wildman–Crippen MR) is 49.8 cm³/mol. The zero-order valence-electron chi connectivity index (χ0n) is 7.34. The van der Waals surface area contributed by atoms with E-state index in [1.807, 2.05) is 0 Å². The van der Waals surface area contributed by atoms with Crippen LogP contribution in [0.1, 0.15) is 5.56 Å². The van der Waals surface area contributed by atoms with E-state index in [-0.39, 0.29) is 12.2 Å². The molecule has 0 saturated carbocycles. The molecule has 0 aliphatic carbocycles. The molecule has 1 atom stereocenters. The fraction of sp³-hybridized carbons (Fsp3) is 0.200. The molecule has 0 aliphatic rings. The molecule has 4 heteroatoms. The number of carboxylic acids is 1. The number of phenols is 1. The number of carbonyl (C=O) groups is 1. The minimum Gasteiger partial charge on any atom is -0.508 e. The third kappa shape index (κ3) is 2.49. The maximum atomic E-state index is 10.5. The number of hydrogen-bond donors (Lipinski definition) is 2. The summed E-state index contributed by atoms with van der Waals surface area (Å²) in [7, 11) is 0. The number of aromatic hydroxyl groups is 1. The summed E-state index contributed by atoms with van der Waals surface area (Å²) in [4.78, 5) is 13.5. The SMILES string of the molecule is [C-]#[N+][C@@H](Cc1ccc(O)cc1)C(=O)O. The number of benzene rings is 1. The summed E-state index contributed by atoms with van der Waals surface area (Å²) in [6.45, 7) is 6.68. The van der Waals surface area contributed by atoms with Gasteiger partial charge >= 0.3 is 12.0 Å². The van der Waals surface area contributed by atoms with Crippen molar-refractivity contribution in [3.8, 4) is 5.75 Å². The van der Waals surface area contributed by atoms with Gasteiger partial charge in [-0.25, -0.2) is 11.4 Å². The summed E-state index contributed by atoms with van der Waals surface area (Å²) in [5.74, 6) is -0.989. The summed E-state index contributed by atoms with van der Waals surface area (Å²) in [6, 6.07) is 5.11. The van der Waals surface area contributed by atoms with Crippen LogP contribution in [0.5, 0.6) is 5.75 Å². The van der Waals surface area contributed by atoms with Crippen LogP contribution < -0.4 is 0 Å². The van der Waals surface area contributed by atoms with Crippen LogP contribution in [-0.4, -0.2) is 22.2 Å². The van der Waals surface area contributed by atoms with Crippen molar-refractivity contribution in [2.45, 2.75) is 12.5 Å². The molecule has 14 heavy (non-hydrogen) atoms. The Balaban J connectivity index is 2.74. The highest BCUT2D eigenvalue weighted by Gasteiger charge is 2.22. The van der Waals surface area contributed by atoms with E-state index in [1.165, 1.54) is 12.1 Å². The minimum absolute atomic E-state index is 0.128. The quantitative estimate of drug-likeness (QED) is 0.708. The van der Waals surface area contributed by atoms with Gasteiger partial charge in [0.05, 0.1) is 6.42 Å². The zero-order valence-corrected chi connectivity index (χ0v) is 7.34. The van der Waals surface area contributed by atoms with Crippen LogP contribution in [-0.2, 0) is 11.2 Å². The summed E-state index contributed by atoms with van der Waals surface area (Å²) in [5, 5.41) is 17.6. The average Bonchev–Trinajstić information content (AvgIpc) is 2.16. The molecule has 0 aromatic heterocycles. The molecule has 0 amide bonds. The third-order valence-corrected chi connectivity index (χ3v) is 1.81. The van der Waals surface area contributed by atoms with Gasteiger partial charge in [0.2, 0.25) is 0 Å². The number of hydrogen-bond acceptors (Lipinski definition) is 2. The van der Waals surface area contributed by atoms with E-state index < -0.39 is 12.0 Å². The first-order valence-electron chi connectivity index (χ1n) is 4.00. The number of nitrogens with zero attached hydrogens (tertiary/aromatic N) is 1. The second-order valence-corrected chi connectivity index (χ2v) is 2.85. The monoisotopic (exact) mass is 191 g/mol. The lowest BCUT2D eigenvalue weighted by molar-refractivity contribution is -0.137. The minimum atomic E-state index is -1.12. The van der Waals surface area contributed by atoms with Gasteiger partial charge in [-0.15, -0.1) is 0 Å². The van der Waals surface area contributed by atoms with Crippen molar-refractivity contribution < 1.29 is 15.0 Å². The average molecular weight is 191 g/mol. The first-order valence-corrected chi connectivity index (χ1v) is 4.00. The standard InChI is InChI=1S/C10H9NO3/c1-11-9(10(13)14)6-7-2-4-8(12)5-3-7/h2-5,9,12H,6H2,(H,13,14)/t9-/m0/s1. The van der Waals surface area contributed by atoms with Gasteiger partial charge in [0.15, 0.2) is 0 Å². The van der Waals surface area contributed by atoms with Gasteiger partial charge in [0.1, 0.15) is 5.75 Å². The molecule has 1 aromatic carbocycles. The number of phenolic OH excluding ortho intramolecular Hbond substituents is 1. The molecule has 0 saturated heterocycles. The van der Waals surface area contributed by atoms with Crippen LogP contribution in [0.2, 0.25) is 0 Å². The Morgan fingerprint density at radius 2 is 2.00 bits per heavy atom. The fourth-order valence-electron chi connectivity index (χ4n) is 1.04. The fourth-order valence-corrected chi connectivity index (χ4v) is 1.04. The van der Waals surface area contributed by atoms with E-state index in [4.69, 9.17) is 16.8 Å². The third-order valence-electron chi connectivity index (χ3n) is 1.81. The Kier molecular flexibility index (Phi) is 3.08. The topological polar surface area (TPSA) is 61.9 Å². The smallest absolute Gasteiger partial charge is 0.388 e. The lowest BCUT2D eigenvalue weighted by atomic mass is 10.1.